The molecule has 31 heavy (non-hydrogen) atoms. The fourth-order valence-corrected chi connectivity index (χ4v) is 3.97. The molecular weight excluding hydrogens is 448 g/mol. The molecule has 0 unspecified atom stereocenters. The van der Waals surface area contributed by atoms with Gasteiger partial charge in [0.25, 0.3) is 5.91 Å². The van der Waals surface area contributed by atoms with Crippen molar-refractivity contribution in [1.82, 2.24) is 10.3 Å². The van der Waals surface area contributed by atoms with Crippen LogP contribution in [0.1, 0.15) is 20.9 Å². The van der Waals surface area contributed by atoms with Crippen molar-refractivity contribution in [2.75, 3.05) is 19.0 Å². The summed E-state index contributed by atoms with van der Waals surface area (Å²) in [6.45, 7) is -2.65. The Balaban J connectivity index is 1.46. The molecular formula is C20H19F2N3O4S2. The highest BCUT2D eigenvalue weighted by Gasteiger charge is 2.13. The van der Waals surface area contributed by atoms with Crippen molar-refractivity contribution in [2.24, 2.45) is 0 Å². The lowest BCUT2D eigenvalue weighted by Gasteiger charge is -2.11. The van der Waals surface area contributed by atoms with Gasteiger partial charge >= 0.3 is 6.61 Å². The summed E-state index contributed by atoms with van der Waals surface area (Å²) in [6.07, 6.45) is 0.488. The highest BCUT2D eigenvalue weighted by atomic mass is 32.1. The number of nitrogens with zero attached hydrogens (tertiary/aromatic N) is 1. The van der Waals surface area contributed by atoms with Crippen LogP contribution >= 0.6 is 22.7 Å². The number of amides is 2. The first-order valence-electron chi connectivity index (χ1n) is 9.12. The van der Waals surface area contributed by atoms with Gasteiger partial charge in [-0.15, -0.1) is 22.7 Å². The van der Waals surface area contributed by atoms with Gasteiger partial charge in [0.1, 0.15) is 0 Å². The van der Waals surface area contributed by atoms with Gasteiger partial charge in [0.15, 0.2) is 16.6 Å². The predicted molar refractivity (Wildman–Crippen MR) is 114 cm³/mol. The van der Waals surface area contributed by atoms with Gasteiger partial charge in [-0.3, -0.25) is 14.9 Å². The summed E-state index contributed by atoms with van der Waals surface area (Å²) >= 11 is 2.57. The van der Waals surface area contributed by atoms with E-state index in [2.05, 4.69) is 20.4 Å². The summed E-state index contributed by atoms with van der Waals surface area (Å²) in [7, 11) is 1.37. The van der Waals surface area contributed by atoms with Crippen LogP contribution in [0.5, 0.6) is 11.5 Å². The Morgan fingerprint density at radius 3 is 2.74 bits per heavy atom. The Kier molecular flexibility index (Phi) is 7.90. The van der Waals surface area contributed by atoms with Crippen LogP contribution in [0.4, 0.5) is 13.9 Å². The molecule has 164 valence electrons. The third-order valence-corrected chi connectivity index (χ3v) is 5.71. The van der Waals surface area contributed by atoms with E-state index < -0.39 is 6.61 Å². The average molecular weight is 468 g/mol. The van der Waals surface area contributed by atoms with E-state index in [9.17, 15) is 18.4 Å². The van der Waals surface area contributed by atoms with Crippen molar-refractivity contribution in [1.29, 1.82) is 0 Å². The topological polar surface area (TPSA) is 89.6 Å². The van der Waals surface area contributed by atoms with Crippen LogP contribution in [-0.4, -0.2) is 37.1 Å². The number of benzene rings is 1. The zero-order valence-corrected chi connectivity index (χ0v) is 18.0. The lowest BCUT2D eigenvalue weighted by atomic mass is 10.1. The number of carbonyl (C=O) groups excluding carboxylic acids is 2. The number of aromatic nitrogens is 1. The fraction of sp³-hybridized carbons (Fsp3) is 0.250. The van der Waals surface area contributed by atoms with E-state index in [1.807, 2.05) is 5.38 Å². The summed E-state index contributed by atoms with van der Waals surface area (Å²) in [4.78, 5) is 29.0. The molecule has 11 heteroatoms. The second-order valence-corrected chi connectivity index (χ2v) is 8.02. The first-order chi connectivity index (χ1) is 14.9. The summed E-state index contributed by atoms with van der Waals surface area (Å²) < 4.78 is 34.5. The number of nitrogens with one attached hydrogen (secondary N) is 2. The van der Waals surface area contributed by atoms with E-state index in [-0.39, 0.29) is 29.7 Å². The number of ether oxygens (including phenoxy) is 2. The molecule has 0 spiro atoms. The minimum absolute atomic E-state index is 0.0547. The van der Waals surface area contributed by atoms with Crippen LogP contribution in [0.25, 0.3) is 0 Å². The summed E-state index contributed by atoms with van der Waals surface area (Å²) in [5, 5.41) is 9.41. The molecule has 0 saturated heterocycles. The number of rotatable bonds is 10. The first-order valence-corrected chi connectivity index (χ1v) is 10.9. The minimum atomic E-state index is -2.96. The number of alkyl halides is 2. The lowest BCUT2D eigenvalue weighted by Crippen LogP contribution is -2.27. The normalized spacial score (nSPS) is 10.7. The van der Waals surface area contributed by atoms with E-state index in [0.29, 0.717) is 34.2 Å². The molecule has 0 saturated carbocycles. The van der Waals surface area contributed by atoms with Gasteiger partial charge in [0.2, 0.25) is 5.91 Å². The summed E-state index contributed by atoms with van der Waals surface area (Å²) in [6, 6.07) is 8.21. The van der Waals surface area contributed by atoms with Crippen molar-refractivity contribution in [2.45, 2.75) is 19.5 Å². The van der Waals surface area contributed by atoms with Crippen LogP contribution in [-0.2, 0) is 17.6 Å². The van der Waals surface area contributed by atoms with Crippen LogP contribution in [0, 0.1) is 0 Å². The molecule has 2 heterocycles. The molecule has 0 atom stereocenters. The lowest BCUT2D eigenvalue weighted by molar-refractivity contribution is -0.120. The second kappa shape index (κ2) is 10.8. The highest BCUT2D eigenvalue weighted by Crippen LogP contribution is 2.29. The van der Waals surface area contributed by atoms with Crippen molar-refractivity contribution >= 4 is 39.6 Å². The molecule has 2 N–H and O–H groups in total. The zero-order chi connectivity index (χ0) is 22.2. The number of methoxy groups -OCH3 is 1. The third-order valence-electron chi connectivity index (χ3n) is 4.04. The van der Waals surface area contributed by atoms with Crippen molar-refractivity contribution in [3.8, 4) is 11.5 Å². The van der Waals surface area contributed by atoms with Crippen LogP contribution in [0.15, 0.2) is 41.1 Å². The Morgan fingerprint density at radius 2 is 2.03 bits per heavy atom. The van der Waals surface area contributed by atoms with Crippen molar-refractivity contribution < 1.29 is 27.8 Å². The highest BCUT2D eigenvalue weighted by molar-refractivity contribution is 7.14. The van der Waals surface area contributed by atoms with E-state index in [0.717, 1.165) is 0 Å². The molecule has 0 radical (unpaired) electrons. The molecule has 1 aromatic carbocycles. The number of thiophene rings is 1. The minimum Gasteiger partial charge on any atom is -0.493 e. The molecule has 0 aliphatic rings. The monoisotopic (exact) mass is 467 g/mol. The van der Waals surface area contributed by atoms with E-state index in [1.54, 1.807) is 23.6 Å². The largest absolute Gasteiger partial charge is 0.493 e. The number of hydrogen-bond donors (Lipinski definition) is 2. The summed E-state index contributed by atoms with van der Waals surface area (Å²) in [5.74, 6) is -0.325. The molecule has 2 aromatic heterocycles. The van der Waals surface area contributed by atoms with Gasteiger partial charge in [-0.1, -0.05) is 12.1 Å². The van der Waals surface area contributed by atoms with Gasteiger partial charge in [0.05, 0.1) is 24.1 Å². The predicted octanol–water partition coefficient (Wildman–Crippen LogP) is 3.97. The Bertz CT molecular complexity index is 1030. The first kappa shape index (κ1) is 22.6. The molecule has 7 nitrogen and oxygen atoms in total. The molecule has 0 fully saturated rings. The Morgan fingerprint density at radius 1 is 1.19 bits per heavy atom. The van der Waals surface area contributed by atoms with Crippen LogP contribution in [0.3, 0.4) is 0 Å². The Hall–Kier alpha value is -3.05. The molecule has 3 aromatic rings. The van der Waals surface area contributed by atoms with Gasteiger partial charge in [-0.2, -0.15) is 8.78 Å². The maximum Gasteiger partial charge on any atom is 0.387 e. The van der Waals surface area contributed by atoms with Gasteiger partial charge in [-0.05, 0) is 35.6 Å². The van der Waals surface area contributed by atoms with Gasteiger partial charge in [0, 0.05) is 11.9 Å². The van der Waals surface area contributed by atoms with Gasteiger partial charge in [-0.25, -0.2) is 4.98 Å². The third kappa shape index (κ3) is 6.72. The summed E-state index contributed by atoms with van der Waals surface area (Å²) in [5.41, 5.74) is 1.25. The number of anilines is 1. The van der Waals surface area contributed by atoms with Crippen LogP contribution in [0.2, 0.25) is 0 Å². The number of halogens is 2. The van der Waals surface area contributed by atoms with E-state index in [1.165, 1.54) is 41.9 Å². The van der Waals surface area contributed by atoms with Crippen LogP contribution < -0.4 is 20.1 Å². The molecule has 0 aliphatic heterocycles. The van der Waals surface area contributed by atoms with Crippen molar-refractivity contribution in [3.05, 3.63) is 57.2 Å². The molecule has 2 amide bonds. The zero-order valence-electron chi connectivity index (χ0n) is 16.4. The van der Waals surface area contributed by atoms with Gasteiger partial charge < -0.3 is 14.8 Å². The standard InChI is InChI=1S/C20H19F2N3O4S2/c1-28-14-5-4-12(9-15(14)29-19(21)22)6-7-23-17(26)10-13-11-31-20(24-13)25-18(27)16-3-2-8-30-16/h2-5,8-9,11,19H,6-7,10H2,1H3,(H,23,26)(H,24,25,27). The second-order valence-electron chi connectivity index (χ2n) is 6.22. The fourth-order valence-electron chi connectivity index (χ4n) is 2.65. The SMILES string of the molecule is COc1ccc(CCNC(=O)Cc2csc(NC(=O)c3cccs3)n2)cc1OC(F)F. The smallest absolute Gasteiger partial charge is 0.387 e. The number of carbonyl (C=O) groups is 2. The quantitative estimate of drug-likeness (QED) is 0.471. The Labute approximate surface area is 185 Å². The maximum absolute atomic E-state index is 12.5. The molecule has 3 rings (SSSR count). The molecule has 0 aliphatic carbocycles. The van der Waals surface area contributed by atoms with Crippen molar-refractivity contribution in [3.63, 3.8) is 0 Å². The maximum atomic E-state index is 12.5. The molecule has 0 bridgehead atoms. The number of thiazole rings is 1. The van der Waals surface area contributed by atoms with E-state index in [4.69, 9.17) is 4.74 Å². The average Bonchev–Trinajstić information content (AvgIpc) is 3.40. The number of hydrogen-bond acceptors (Lipinski definition) is 7. The van der Waals surface area contributed by atoms with E-state index >= 15 is 0 Å².